The van der Waals surface area contributed by atoms with Gasteiger partial charge in [-0.2, -0.15) is 0 Å². The Morgan fingerprint density at radius 1 is 1.33 bits per heavy atom. The van der Waals surface area contributed by atoms with E-state index in [1.165, 1.54) is 12.0 Å². The first-order valence-corrected chi connectivity index (χ1v) is 9.20. The lowest BCUT2D eigenvalue weighted by molar-refractivity contribution is -0.134. The third kappa shape index (κ3) is 3.09. The number of nitrogens with zero attached hydrogens (tertiary/aromatic N) is 2. The van der Waals surface area contributed by atoms with Gasteiger partial charge in [-0.1, -0.05) is 5.16 Å². The van der Waals surface area contributed by atoms with Crippen LogP contribution in [0, 0.1) is 19.8 Å². The van der Waals surface area contributed by atoms with Crippen molar-refractivity contribution in [2.75, 3.05) is 13.1 Å². The summed E-state index contributed by atoms with van der Waals surface area (Å²) in [5.74, 6) is 1.52. The molecule has 1 aliphatic carbocycles. The first-order valence-electron chi connectivity index (χ1n) is 9.20. The van der Waals surface area contributed by atoms with Gasteiger partial charge in [0, 0.05) is 24.7 Å². The van der Waals surface area contributed by atoms with Crippen molar-refractivity contribution in [3.05, 3.63) is 17.0 Å². The Hall–Kier alpha value is -1.40. The third-order valence-corrected chi connectivity index (χ3v) is 5.94. The van der Waals surface area contributed by atoms with Gasteiger partial charge < -0.3 is 14.6 Å². The number of ether oxygens (including phenoxy) is 1. The number of hydrogen-bond acceptors (Lipinski definition) is 5. The van der Waals surface area contributed by atoms with Crippen molar-refractivity contribution in [3.8, 4) is 0 Å². The molecule has 0 bridgehead atoms. The molecule has 6 heteroatoms. The van der Waals surface area contributed by atoms with E-state index in [0.29, 0.717) is 12.0 Å². The summed E-state index contributed by atoms with van der Waals surface area (Å²) in [7, 11) is 0. The zero-order valence-electron chi connectivity index (χ0n) is 14.6. The van der Waals surface area contributed by atoms with Crippen molar-refractivity contribution < 1.29 is 14.1 Å². The van der Waals surface area contributed by atoms with Crippen LogP contribution in [0.1, 0.15) is 49.1 Å². The number of aromatic nitrogens is 1. The van der Waals surface area contributed by atoms with Crippen LogP contribution in [-0.2, 0) is 16.1 Å². The molecule has 132 valence electrons. The minimum absolute atomic E-state index is 0.103. The molecule has 1 aromatic heterocycles. The highest BCUT2D eigenvalue weighted by Crippen LogP contribution is 2.34. The Balaban J connectivity index is 1.33. The number of nitrogens with one attached hydrogen (secondary N) is 1. The maximum Gasteiger partial charge on any atom is 0.249 e. The van der Waals surface area contributed by atoms with Crippen LogP contribution in [0.2, 0.25) is 0 Å². The van der Waals surface area contributed by atoms with Gasteiger partial charge in [0.1, 0.15) is 11.9 Å². The average molecular weight is 333 g/mol. The van der Waals surface area contributed by atoms with Crippen molar-refractivity contribution in [1.29, 1.82) is 0 Å². The first-order chi connectivity index (χ1) is 11.6. The van der Waals surface area contributed by atoms with E-state index in [2.05, 4.69) is 15.4 Å². The molecule has 3 heterocycles. The van der Waals surface area contributed by atoms with Crippen LogP contribution in [0.4, 0.5) is 0 Å². The van der Waals surface area contributed by atoms with Crippen molar-refractivity contribution in [2.24, 2.45) is 5.92 Å². The monoisotopic (exact) mass is 333 g/mol. The van der Waals surface area contributed by atoms with E-state index < -0.39 is 0 Å². The van der Waals surface area contributed by atoms with Crippen LogP contribution < -0.4 is 5.32 Å². The third-order valence-electron chi connectivity index (χ3n) is 5.94. The van der Waals surface area contributed by atoms with Gasteiger partial charge in [-0.15, -0.1) is 0 Å². The normalized spacial score (nSPS) is 30.8. The van der Waals surface area contributed by atoms with E-state index in [0.717, 1.165) is 56.8 Å². The maximum absolute atomic E-state index is 12.3. The fraction of sp³-hybridized carbons (Fsp3) is 0.778. The lowest BCUT2D eigenvalue weighted by atomic mass is 9.90. The molecule has 3 fully saturated rings. The number of rotatable bonds is 4. The molecule has 1 amide bonds. The second-order valence-corrected chi connectivity index (χ2v) is 7.62. The summed E-state index contributed by atoms with van der Waals surface area (Å²) in [5.41, 5.74) is 2.16. The zero-order chi connectivity index (χ0) is 16.7. The molecule has 3 aliphatic rings. The number of piperidine rings is 1. The molecule has 0 radical (unpaired) electrons. The Morgan fingerprint density at radius 3 is 2.83 bits per heavy atom. The predicted octanol–water partition coefficient (Wildman–Crippen LogP) is 1.94. The number of carbonyl (C=O) groups is 1. The van der Waals surface area contributed by atoms with E-state index in [-0.39, 0.29) is 18.1 Å². The fourth-order valence-electron chi connectivity index (χ4n) is 4.10. The van der Waals surface area contributed by atoms with Gasteiger partial charge >= 0.3 is 0 Å². The summed E-state index contributed by atoms with van der Waals surface area (Å²) in [5, 5.41) is 7.17. The number of likely N-dealkylation sites (tertiary alicyclic amines) is 1. The van der Waals surface area contributed by atoms with E-state index in [9.17, 15) is 4.79 Å². The average Bonchev–Trinajstić information content (AvgIpc) is 3.08. The Labute approximate surface area is 142 Å². The molecule has 0 aromatic carbocycles. The number of amides is 1. The number of carbonyl (C=O) groups excluding carboxylic acids is 1. The standard InChI is InChI=1S/C18H27N3O3/c1-11-15(12(2)24-20-11)9-21-7-6-13-8-16(23-17(13)10-21)18(22)19-14-4-3-5-14/h13-14,16-17H,3-10H2,1-2H3,(H,19,22)/t13-,16-,17-/m0/s1. The summed E-state index contributed by atoms with van der Waals surface area (Å²) in [6.07, 6.45) is 5.38. The van der Waals surface area contributed by atoms with Crippen LogP contribution in [0.15, 0.2) is 4.52 Å². The molecule has 24 heavy (non-hydrogen) atoms. The quantitative estimate of drug-likeness (QED) is 0.912. The van der Waals surface area contributed by atoms with E-state index in [1.807, 2.05) is 13.8 Å². The van der Waals surface area contributed by atoms with Crippen molar-refractivity contribution in [1.82, 2.24) is 15.4 Å². The van der Waals surface area contributed by atoms with Gasteiger partial charge in [0.2, 0.25) is 5.91 Å². The molecule has 2 saturated heterocycles. The number of fused-ring (bicyclic) bond motifs is 1. The van der Waals surface area contributed by atoms with Crippen LogP contribution in [0.3, 0.4) is 0 Å². The van der Waals surface area contributed by atoms with Crippen LogP contribution in [0.5, 0.6) is 0 Å². The van der Waals surface area contributed by atoms with E-state index >= 15 is 0 Å². The molecule has 3 atom stereocenters. The Bertz CT molecular complexity index is 591. The molecule has 0 spiro atoms. The zero-order valence-corrected chi connectivity index (χ0v) is 14.6. The number of aryl methyl sites for hydroxylation is 2. The van der Waals surface area contributed by atoms with Gasteiger partial charge in [0.05, 0.1) is 11.8 Å². The highest BCUT2D eigenvalue weighted by Gasteiger charge is 2.42. The molecule has 1 N–H and O–H groups in total. The molecular weight excluding hydrogens is 306 g/mol. The molecule has 6 nitrogen and oxygen atoms in total. The highest BCUT2D eigenvalue weighted by atomic mass is 16.5. The SMILES string of the molecule is Cc1noc(C)c1CN1CC[C@H]2C[C@@H](C(=O)NC3CCC3)O[C@H]2C1. The Kier molecular flexibility index (Phi) is 4.35. The molecule has 0 unspecified atom stereocenters. The predicted molar refractivity (Wildman–Crippen MR) is 88.4 cm³/mol. The maximum atomic E-state index is 12.3. The van der Waals surface area contributed by atoms with Gasteiger partial charge in [0.25, 0.3) is 0 Å². The van der Waals surface area contributed by atoms with Gasteiger partial charge in [-0.25, -0.2) is 0 Å². The van der Waals surface area contributed by atoms with E-state index in [1.54, 1.807) is 0 Å². The van der Waals surface area contributed by atoms with Crippen LogP contribution >= 0.6 is 0 Å². The second-order valence-electron chi connectivity index (χ2n) is 7.62. The second kappa shape index (κ2) is 6.48. The lowest BCUT2D eigenvalue weighted by Crippen LogP contribution is -2.45. The molecular formula is C18H27N3O3. The molecule has 1 aromatic rings. The van der Waals surface area contributed by atoms with Crippen LogP contribution in [-0.4, -0.2) is 47.3 Å². The van der Waals surface area contributed by atoms with Gasteiger partial charge in [0.15, 0.2) is 0 Å². The van der Waals surface area contributed by atoms with Gasteiger partial charge in [-0.05, 0) is 58.4 Å². The van der Waals surface area contributed by atoms with Crippen molar-refractivity contribution >= 4 is 5.91 Å². The molecule has 4 rings (SSSR count). The molecule has 2 aliphatic heterocycles. The number of hydrogen-bond donors (Lipinski definition) is 1. The summed E-state index contributed by atoms with van der Waals surface area (Å²) in [4.78, 5) is 14.8. The minimum atomic E-state index is -0.250. The summed E-state index contributed by atoms with van der Waals surface area (Å²) in [6.45, 7) is 6.75. The summed E-state index contributed by atoms with van der Waals surface area (Å²) in [6, 6.07) is 0.389. The van der Waals surface area contributed by atoms with Gasteiger partial charge in [-0.3, -0.25) is 9.69 Å². The first kappa shape index (κ1) is 16.1. The van der Waals surface area contributed by atoms with E-state index in [4.69, 9.17) is 9.26 Å². The lowest BCUT2D eigenvalue weighted by Gasteiger charge is -2.33. The fourth-order valence-corrected chi connectivity index (χ4v) is 4.10. The summed E-state index contributed by atoms with van der Waals surface area (Å²) >= 11 is 0. The minimum Gasteiger partial charge on any atom is -0.364 e. The highest BCUT2D eigenvalue weighted by molar-refractivity contribution is 5.81. The van der Waals surface area contributed by atoms with Crippen LogP contribution in [0.25, 0.3) is 0 Å². The largest absolute Gasteiger partial charge is 0.364 e. The Morgan fingerprint density at radius 2 is 2.17 bits per heavy atom. The smallest absolute Gasteiger partial charge is 0.249 e. The summed E-state index contributed by atoms with van der Waals surface area (Å²) < 4.78 is 11.4. The van der Waals surface area contributed by atoms with Crippen molar-refractivity contribution in [2.45, 2.75) is 70.7 Å². The van der Waals surface area contributed by atoms with Crippen molar-refractivity contribution in [3.63, 3.8) is 0 Å². The molecule has 1 saturated carbocycles. The topological polar surface area (TPSA) is 67.6 Å².